The van der Waals surface area contributed by atoms with E-state index in [9.17, 15) is 4.79 Å². The zero-order valence-electron chi connectivity index (χ0n) is 13.8. The Morgan fingerprint density at radius 2 is 2.00 bits per heavy atom. The van der Waals surface area contributed by atoms with E-state index in [0.29, 0.717) is 12.1 Å². The first-order valence-electron chi connectivity index (χ1n) is 8.38. The Bertz CT molecular complexity index is 452. The standard InChI is InChI=1S/C17H28N4O/c1-3-18-17(22)15-8-9-16(19-14-15)20(2)12-13-21-10-6-4-5-7-11-21/h8-9,14H,3-7,10-13H2,1-2H3,(H,18,22). The number of pyridine rings is 1. The molecule has 0 radical (unpaired) electrons. The highest BCUT2D eigenvalue weighted by molar-refractivity contribution is 5.93. The van der Waals surface area contributed by atoms with Gasteiger partial charge in [-0.1, -0.05) is 12.8 Å². The van der Waals surface area contributed by atoms with Gasteiger partial charge in [0.2, 0.25) is 0 Å². The van der Waals surface area contributed by atoms with Crippen molar-refractivity contribution in [2.24, 2.45) is 0 Å². The SMILES string of the molecule is CCNC(=O)c1ccc(N(C)CCN2CCCCCC2)nc1. The summed E-state index contributed by atoms with van der Waals surface area (Å²) in [6.45, 7) is 7.03. The highest BCUT2D eigenvalue weighted by atomic mass is 16.1. The Balaban J connectivity index is 1.83. The van der Waals surface area contributed by atoms with Crippen molar-refractivity contribution >= 4 is 11.7 Å². The molecule has 122 valence electrons. The van der Waals surface area contributed by atoms with E-state index >= 15 is 0 Å². The number of carbonyl (C=O) groups is 1. The van der Waals surface area contributed by atoms with Crippen LogP contribution in [0.2, 0.25) is 0 Å². The second-order valence-corrected chi connectivity index (χ2v) is 5.94. The van der Waals surface area contributed by atoms with Gasteiger partial charge in [0, 0.05) is 32.9 Å². The minimum Gasteiger partial charge on any atom is -0.358 e. The Morgan fingerprint density at radius 3 is 2.59 bits per heavy atom. The largest absolute Gasteiger partial charge is 0.358 e. The van der Waals surface area contributed by atoms with Crippen LogP contribution in [0.25, 0.3) is 0 Å². The van der Waals surface area contributed by atoms with Crippen LogP contribution in [0, 0.1) is 0 Å². The number of aromatic nitrogens is 1. The Labute approximate surface area is 133 Å². The lowest BCUT2D eigenvalue weighted by molar-refractivity contribution is 0.0955. The number of carbonyl (C=O) groups excluding carboxylic acids is 1. The molecule has 0 aromatic carbocycles. The highest BCUT2D eigenvalue weighted by Gasteiger charge is 2.11. The molecule has 1 aromatic rings. The minimum absolute atomic E-state index is 0.0613. The molecule has 22 heavy (non-hydrogen) atoms. The fourth-order valence-corrected chi connectivity index (χ4v) is 2.77. The van der Waals surface area contributed by atoms with Crippen LogP contribution in [0.5, 0.6) is 0 Å². The number of nitrogens with zero attached hydrogens (tertiary/aromatic N) is 3. The van der Waals surface area contributed by atoms with Crippen LogP contribution < -0.4 is 10.2 Å². The maximum Gasteiger partial charge on any atom is 0.252 e. The molecule has 1 amide bonds. The van der Waals surface area contributed by atoms with E-state index in [0.717, 1.165) is 18.9 Å². The van der Waals surface area contributed by atoms with Gasteiger partial charge in [-0.05, 0) is 45.0 Å². The predicted octanol–water partition coefficient (Wildman–Crippen LogP) is 2.14. The minimum atomic E-state index is -0.0613. The Kier molecular flexibility index (Phi) is 6.65. The van der Waals surface area contributed by atoms with Gasteiger partial charge in [0.1, 0.15) is 5.82 Å². The molecule has 5 nitrogen and oxygen atoms in total. The lowest BCUT2D eigenvalue weighted by atomic mass is 10.2. The number of amides is 1. The summed E-state index contributed by atoms with van der Waals surface area (Å²) in [7, 11) is 2.06. The van der Waals surface area contributed by atoms with E-state index in [-0.39, 0.29) is 5.91 Å². The van der Waals surface area contributed by atoms with Gasteiger partial charge in [0.25, 0.3) is 5.91 Å². The van der Waals surface area contributed by atoms with E-state index in [1.54, 1.807) is 6.20 Å². The molecule has 0 spiro atoms. The summed E-state index contributed by atoms with van der Waals surface area (Å²) >= 11 is 0. The molecule has 0 bridgehead atoms. The fourth-order valence-electron chi connectivity index (χ4n) is 2.77. The van der Waals surface area contributed by atoms with Crippen LogP contribution >= 0.6 is 0 Å². The van der Waals surface area contributed by atoms with Gasteiger partial charge in [-0.3, -0.25) is 4.79 Å². The van der Waals surface area contributed by atoms with Crippen LogP contribution in [-0.4, -0.2) is 55.6 Å². The van der Waals surface area contributed by atoms with Crippen molar-refractivity contribution in [2.75, 3.05) is 44.7 Å². The first-order valence-corrected chi connectivity index (χ1v) is 8.38. The summed E-state index contributed by atoms with van der Waals surface area (Å²) < 4.78 is 0. The lowest BCUT2D eigenvalue weighted by Gasteiger charge is -2.24. The van der Waals surface area contributed by atoms with Crippen molar-refractivity contribution < 1.29 is 4.79 Å². The van der Waals surface area contributed by atoms with Gasteiger partial charge >= 0.3 is 0 Å². The van der Waals surface area contributed by atoms with Crippen LogP contribution in [0.1, 0.15) is 43.0 Å². The smallest absolute Gasteiger partial charge is 0.252 e. The molecular formula is C17H28N4O. The molecule has 5 heteroatoms. The summed E-state index contributed by atoms with van der Waals surface area (Å²) in [6, 6.07) is 3.77. The van der Waals surface area contributed by atoms with Crippen molar-refractivity contribution in [3.63, 3.8) is 0 Å². The van der Waals surface area contributed by atoms with Crippen LogP contribution in [0.4, 0.5) is 5.82 Å². The molecule has 1 fully saturated rings. The maximum absolute atomic E-state index is 11.7. The number of likely N-dealkylation sites (N-methyl/N-ethyl adjacent to an activating group) is 1. The average molecular weight is 304 g/mol. The number of nitrogens with one attached hydrogen (secondary N) is 1. The van der Waals surface area contributed by atoms with Crippen molar-refractivity contribution in [1.82, 2.24) is 15.2 Å². The predicted molar refractivity (Wildman–Crippen MR) is 90.4 cm³/mol. The third-order valence-corrected chi connectivity index (χ3v) is 4.19. The van der Waals surface area contributed by atoms with Crippen LogP contribution in [-0.2, 0) is 0 Å². The molecule has 2 rings (SSSR count). The molecule has 0 saturated carbocycles. The first kappa shape index (κ1) is 16.7. The van der Waals surface area contributed by atoms with E-state index in [1.165, 1.54) is 38.8 Å². The molecule has 0 atom stereocenters. The second kappa shape index (κ2) is 8.73. The van der Waals surface area contributed by atoms with E-state index in [1.807, 2.05) is 19.1 Å². The number of hydrogen-bond donors (Lipinski definition) is 1. The van der Waals surface area contributed by atoms with Crippen molar-refractivity contribution in [2.45, 2.75) is 32.6 Å². The molecule has 1 aromatic heterocycles. The first-order chi connectivity index (χ1) is 10.7. The zero-order chi connectivity index (χ0) is 15.8. The van der Waals surface area contributed by atoms with E-state index in [4.69, 9.17) is 0 Å². The monoisotopic (exact) mass is 304 g/mol. The molecule has 1 N–H and O–H groups in total. The number of likely N-dealkylation sites (tertiary alicyclic amines) is 1. The molecule has 1 aliphatic heterocycles. The topological polar surface area (TPSA) is 48.5 Å². The molecular weight excluding hydrogens is 276 g/mol. The second-order valence-electron chi connectivity index (χ2n) is 5.94. The van der Waals surface area contributed by atoms with Crippen molar-refractivity contribution in [3.05, 3.63) is 23.9 Å². The molecule has 1 saturated heterocycles. The summed E-state index contributed by atoms with van der Waals surface area (Å²) in [5.74, 6) is 0.858. The number of rotatable bonds is 6. The van der Waals surface area contributed by atoms with Gasteiger partial charge in [0.05, 0.1) is 5.56 Å². The van der Waals surface area contributed by atoms with Crippen molar-refractivity contribution in [3.8, 4) is 0 Å². The quantitative estimate of drug-likeness (QED) is 0.875. The lowest BCUT2D eigenvalue weighted by Crippen LogP contribution is -2.34. The van der Waals surface area contributed by atoms with Gasteiger partial charge in [0.15, 0.2) is 0 Å². The number of anilines is 1. The molecule has 0 unspecified atom stereocenters. The summed E-state index contributed by atoms with van der Waals surface area (Å²) in [5.41, 5.74) is 0.617. The average Bonchev–Trinajstić information content (AvgIpc) is 2.82. The van der Waals surface area contributed by atoms with E-state index in [2.05, 4.69) is 27.1 Å². The fraction of sp³-hybridized carbons (Fsp3) is 0.647. The molecule has 1 aliphatic rings. The highest BCUT2D eigenvalue weighted by Crippen LogP contribution is 2.12. The van der Waals surface area contributed by atoms with Crippen LogP contribution in [0.3, 0.4) is 0 Å². The van der Waals surface area contributed by atoms with E-state index < -0.39 is 0 Å². The summed E-state index contributed by atoms with van der Waals surface area (Å²) in [5, 5.41) is 2.79. The van der Waals surface area contributed by atoms with Crippen LogP contribution in [0.15, 0.2) is 18.3 Å². The Morgan fingerprint density at radius 1 is 1.27 bits per heavy atom. The van der Waals surface area contributed by atoms with Gasteiger partial charge in [-0.2, -0.15) is 0 Å². The molecule has 2 heterocycles. The third kappa shape index (κ3) is 4.98. The maximum atomic E-state index is 11.7. The number of hydrogen-bond acceptors (Lipinski definition) is 4. The Hall–Kier alpha value is -1.62. The molecule has 0 aliphatic carbocycles. The third-order valence-electron chi connectivity index (χ3n) is 4.19. The van der Waals surface area contributed by atoms with Gasteiger partial charge in [-0.25, -0.2) is 4.98 Å². The van der Waals surface area contributed by atoms with Gasteiger partial charge < -0.3 is 15.1 Å². The summed E-state index contributed by atoms with van der Waals surface area (Å²) in [4.78, 5) is 20.8. The van der Waals surface area contributed by atoms with Crippen molar-refractivity contribution in [1.29, 1.82) is 0 Å². The van der Waals surface area contributed by atoms with Gasteiger partial charge in [-0.15, -0.1) is 0 Å². The summed E-state index contributed by atoms with van der Waals surface area (Å²) in [6.07, 6.45) is 7.04. The zero-order valence-corrected chi connectivity index (χ0v) is 13.8. The normalized spacial score (nSPS) is 16.1.